The lowest BCUT2D eigenvalue weighted by atomic mass is 10.2. The molecule has 25 heavy (non-hydrogen) atoms. The van der Waals surface area contributed by atoms with E-state index in [4.69, 9.17) is 4.74 Å². The minimum absolute atomic E-state index is 0.0373. The SMILES string of the molecule is CCCCc1cc(=O)n(CC(=O)NCCOc2ccc(C)cc2)cn1. The van der Waals surface area contributed by atoms with Crippen LogP contribution in [0.2, 0.25) is 0 Å². The summed E-state index contributed by atoms with van der Waals surface area (Å²) in [6.45, 7) is 4.82. The molecule has 1 N–H and O–H groups in total. The van der Waals surface area contributed by atoms with Crippen LogP contribution in [0, 0.1) is 6.92 Å². The van der Waals surface area contributed by atoms with Gasteiger partial charge in [0.05, 0.1) is 12.9 Å². The number of hydrogen-bond donors (Lipinski definition) is 1. The van der Waals surface area contributed by atoms with Crippen LogP contribution in [0.3, 0.4) is 0 Å². The number of unbranched alkanes of at least 4 members (excludes halogenated alkanes) is 1. The zero-order valence-corrected chi connectivity index (χ0v) is 14.8. The van der Waals surface area contributed by atoms with Crippen LogP contribution in [0.1, 0.15) is 31.0 Å². The molecular weight excluding hydrogens is 318 g/mol. The molecular formula is C19H25N3O3. The summed E-state index contributed by atoms with van der Waals surface area (Å²) in [4.78, 5) is 28.2. The Balaban J connectivity index is 1.74. The number of nitrogens with zero attached hydrogens (tertiary/aromatic N) is 2. The Morgan fingerprint density at radius 2 is 2.04 bits per heavy atom. The van der Waals surface area contributed by atoms with Crippen molar-refractivity contribution < 1.29 is 9.53 Å². The van der Waals surface area contributed by atoms with E-state index in [0.717, 1.165) is 30.7 Å². The Morgan fingerprint density at radius 3 is 2.72 bits per heavy atom. The number of amides is 1. The largest absolute Gasteiger partial charge is 0.492 e. The molecule has 0 aliphatic carbocycles. The first-order chi connectivity index (χ1) is 12.1. The number of carbonyl (C=O) groups is 1. The van der Waals surface area contributed by atoms with Crippen molar-refractivity contribution >= 4 is 5.91 Å². The average Bonchev–Trinajstić information content (AvgIpc) is 2.60. The smallest absolute Gasteiger partial charge is 0.253 e. The fourth-order valence-corrected chi connectivity index (χ4v) is 2.28. The van der Waals surface area contributed by atoms with Crippen LogP contribution in [-0.2, 0) is 17.8 Å². The van der Waals surface area contributed by atoms with Gasteiger partial charge in [-0.1, -0.05) is 31.0 Å². The summed E-state index contributed by atoms with van der Waals surface area (Å²) in [5.41, 5.74) is 1.74. The number of rotatable bonds is 9. The molecule has 0 aliphatic heterocycles. The second kappa shape index (κ2) is 9.61. The monoisotopic (exact) mass is 343 g/mol. The van der Waals surface area contributed by atoms with Gasteiger partial charge in [-0.25, -0.2) is 4.98 Å². The van der Waals surface area contributed by atoms with Gasteiger partial charge >= 0.3 is 0 Å². The Kier molecular flexibility index (Phi) is 7.19. The lowest BCUT2D eigenvalue weighted by Crippen LogP contribution is -2.34. The summed E-state index contributed by atoms with van der Waals surface area (Å²) in [6.07, 6.45) is 4.28. The number of hydrogen-bond acceptors (Lipinski definition) is 4. The number of aryl methyl sites for hydroxylation is 2. The van der Waals surface area contributed by atoms with Gasteiger partial charge in [0.1, 0.15) is 18.9 Å². The van der Waals surface area contributed by atoms with E-state index in [2.05, 4.69) is 17.2 Å². The number of nitrogens with one attached hydrogen (secondary N) is 1. The zero-order chi connectivity index (χ0) is 18.1. The standard InChI is InChI=1S/C19H25N3O3/c1-3-4-5-16-12-19(24)22(14-21-16)13-18(23)20-10-11-25-17-8-6-15(2)7-9-17/h6-9,12,14H,3-5,10-11,13H2,1-2H3,(H,20,23). The van der Waals surface area contributed by atoms with Crippen molar-refractivity contribution in [1.29, 1.82) is 0 Å². The molecule has 0 saturated heterocycles. The zero-order valence-electron chi connectivity index (χ0n) is 14.8. The molecule has 6 nitrogen and oxygen atoms in total. The quantitative estimate of drug-likeness (QED) is 0.708. The van der Waals surface area contributed by atoms with E-state index in [0.29, 0.717) is 13.2 Å². The number of benzene rings is 1. The first-order valence-corrected chi connectivity index (χ1v) is 8.60. The maximum atomic E-state index is 12.0. The molecule has 0 unspecified atom stereocenters. The van der Waals surface area contributed by atoms with Gasteiger partial charge in [0, 0.05) is 11.8 Å². The first-order valence-electron chi connectivity index (χ1n) is 8.60. The predicted molar refractivity (Wildman–Crippen MR) is 96.8 cm³/mol. The molecule has 0 fully saturated rings. The highest BCUT2D eigenvalue weighted by molar-refractivity contribution is 5.75. The van der Waals surface area contributed by atoms with Crippen LogP contribution in [0.25, 0.3) is 0 Å². The minimum atomic E-state index is -0.238. The summed E-state index contributed by atoms with van der Waals surface area (Å²) in [5.74, 6) is 0.528. The van der Waals surface area contributed by atoms with Gasteiger partial charge in [-0.05, 0) is 31.9 Å². The van der Waals surface area contributed by atoms with E-state index in [1.165, 1.54) is 22.5 Å². The van der Waals surface area contributed by atoms with Crippen LogP contribution < -0.4 is 15.6 Å². The molecule has 2 rings (SSSR count). The van der Waals surface area contributed by atoms with Crippen LogP contribution in [-0.4, -0.2) is 28.6 Å². The molecule has 0 atom stereocenters. The third-order valence-corrected chi connectivity index (χ3v) is 3.75. The second-order valence-electron chi connectivity index (χ2n) is 5.96. The van der Waals surface area contributed by atoms with Crippen molar-refractivity contribution in [3.8, 4) is 5.75 Å². The molecule has 1 aromatic heterocycles. The average molecular weight is 343 g/mol. The Hall–Kier alpha value is -2.63. The van der Waals surface area contributed by atoms with E-state index < -0.39 is 0 Å². The maximum absolute atomic E-state index is 12.0. The molecule has 0 spiro atoms. The maximum Gasteiger partial charge on any atom is 0.253 e. The molecule has 0 bridgehead atoms. The minimum Gasteiger partial charge on any atom is -0.492 e. The third kappa shape index (κ3) is 6.41. The lowest BCUT2D eigenvalue weighted by Gasteiger charge is -2.09. The van der Waals surface area contributed by atoms with Crippen molar-refractivity contribution in [3.63, 3.8) is 0 Å². The van der Waals surface area contributed by atoms with Crippen molar-refractivity contribution in [2.45, 2.75) is 39.7 Å². The summed E-state index contributed by atoms with van der Waals surface area (Å²) < 4.78 is 6.85. The molecule has 1 amide bonds. The molecule has 134 valence electrons. The number of ether oxygens (including phenoxy) is 1. The van der Waals surface area contributed by atoms with Gasteiger partial charge in [0.2, 0.25) is 5.91 Å². The van der Waals surface area contributed by atoms with Crippen molar-refractivity contribution in [1.82, 2.24) is 14.9 Å². The third-order valence-electron chi connectivity index (χ3n) is 3.75. The van der Waals surface area contributed by atoms with Gasteiger partial charge < -0.3 is 10.1 Å². The second-order valence-corrected chi connectivity index (χ2v) is 5.96. The van der Waals surface area contributed by atoms with Gasteiger partial charge in [0.25, 0.3) is 5.56 Å². The van der Waals surface area contributed by atoms with Gasteiger partial charge in [-0.2, -0.15) is 0 Å². The number of aromatic nitrogens is 2. The van der Waals surface area contributed by atoms with E-state index in [-0.39, 0.29) is 18.0 Å². The highest BCUT2D eigenvalue weighted by atomic mass is 16.5. The van der Waals surface area contributed by atoms with Crippen LogP contribution in [0.4, 0.5) is 0 Å². The van der Waals surface area contributed by atoms with Crippen LogP contribution in [0.15, 0.2) is 41.5 Å². The molecule has 2 aromatic rings. The number of carbonyl (C=O) groups excluding carboxylic acids is 1. The first kappa shape index (κ1) is 18.7. The molecule has 0 radical (unpaired) electrons. The normalized spacial score (nSPS) is 10.5. The molecule has 1 heterocycles. The van der Waals surface area contributed by atoms with E-state index in [1.807, 2.05) is 31.2 Å². The Morgan fingerprint density at radius 1 is 1.28 bits per heavy atom. The highest BCUT2D eigenvalue weighted by Gasteiger charge is 2.06. The van der Waals surface area contributed by atoms with Crippen molar-refractivity contribution in [3.05, 3.63) is 58.3 Å². The molecule has 0 aliphatic rings. The van der Waals surface area contributed by atoms with Crippen LogP contribution >= 0.6 is 0 Å². The summed E-state index contributed by atoms with van der Waals surface area (Å²) in [5, 5.41) is 2.74. The van der Waals surface area contributed by atoms with Gasteiger partial charge in [-0.3, -0.25) is 14.2 Å². The fraction of sp³-hybridized carbons (Fsp3) is 0.421. The highest BCUT2D eigenvalue weighted by Crippen LogP contribution is 2.10. The molecule has 6 heteroatoms. The Labute approximate surface area is 147 Å². The summed E-state index contributed by atoms with van der Waals surface area (Å²) >= 11 is 0. The van der Waals surface area contributed by atoms with Crippen molar-refractivity contribution in [2.24, 2.45) is 0 Å². The Bertz CT molecular complexity index is 738. The molecule has 1 aromatic carbocycles. The fourth-order valence-electron chi connectivity index (χ4n) is 2.28. The summed E-state index contributed by atoms with van der Waals surface area (Å²) in [6, 6.07) is 9.23. The lowest BCUT2D eigenvalue weighted by molar-refractivity contribution is -0.121. The topological polar surface area (TPSA) is 73.2 Å². The molecule has 0 saturated carbocycles. The van der Waals surface area contributed by atoms with Crippen molar-refractivity contribution in [2.75, 3.05) is 13.2 Å². The predicted octanol–water partition coefficient (Wildman–Crippen LogP) is 2.09. The van der Waals surface area contributed by atoms with E-state index in [1.54, 1.807) is 0 Å². The summed E-state index contributed by atoms with van der Waals surface area (Å²) in [7, 11) is 0. The van der Waals surface area contributed by atoms with E-state index in [9.17, 15) is 9.59 Å². The van der Waals surface area contributed by atoms with E-state index >= 15 is 0 Å². The van der Waals surface area contributed by atoms with Crippen LogP contribution in [0.5, 0.6) is 5.75 Å². The van der Waals surface area contributed by atoms with Gasteiger partial charge in [0.15, 0.2) is 0 Å². The van der Waals surface area contributed by atoms with Gasteiger partial charge in [-0.15, -0.1) is 0 Å².